The number of piperidine rings is 1. The molecule has 2 heterocycles. The van der Waals surface area contributed by atoms with Crippen LogP contribution in [0.3, 0.4) is 0 Å². The van der Waals surface area contributed by atoms with E-state index in [-0.39, 0.29) is 16.6 Å². The maximum Gasteiger partial charge on any atom is 0.273 e. The lowest BCUT2D eigenvalue weighted by atomic mass is 10.0. The highest BCUT2D eigenvalue weighted by Gasteiger charge is 2.35. The SMILES string of the molecule is Cc1ccc(S(=O)(=O)N2CCN3CCCC[C@H]3C2)cc1[N+](=O)[O-]. The molecule has 0 aromatic heterocycles. The maximum absolute atomic E-state index is 12.8. The van der Waals surface area contributed by atoms with Crippen molar-refractivity contribution < 1.29 is 13.3 Å². The van der Waals surface area contributed by atoms with Gasteiger partial charge in [0.2, 0.25) is 10.0 Å². The summed E-state index contributed by atoms with van der Waals surface area (Å²) in [5.74, 6) is 0. The quantitative estimate of drug-likeness (QED) is 0.619. The van der Waals surface area contributed by atoms with Crippen LogP contribution >= 0.6 is 0 Å². The van der Waals surface area contributed by atoms with E-state index in [1.165, 1.54) is 28.9 Å². The smallest absolute Gasteiger partial charge is 0.273 e. The van der Waals surface area contributed by atoms with Gasteiger partial charge in [-0.15, -0.1) is 0 Å². The molecule has 0 unspecified atom stereocenters. The number of piperazine rings is 1. The second-order valence-electron chi connectivity index (χ2n) is 6.25. The van der Waals surface area contributed by atoms with Crippen molar-refractivity contribution in [3.05, 3.63) is 33.9 Å². The van der Waals surface area contributed by atoms with Gasteiger partial charge in [-0.05, 0) is 32.4 Å². The molecule has 7 nitrogen and oxygen atoms in total. The zero-order valence-corrected chi connectivity index (χ0v) is 14.0. The molecule has 1 atom stereocenters. The van der Waals surface area contributed by atoms with E-state index < -0.39 is 14.9 Å². The van der Waals surface area contributed by atoms with Crippen molar-refractivity contribution in [2.24, 2.45) is 0 Å². The molecule has 0 N–H and O–H groups in total. The van der Waals surface area contributed by atoms with Gasteiger partial charge in [0, 0.05) is 37.3 Å². The van der Waals surface area contributed by atoms with Crippen LogP contribution in [0.2, 0.25) is 0 Å². The van der Waals surface area contributed by atoms with Crippen LogP contribution in [0.25, 0.3) is 0 Å². The van der Waals surface area contributed by atoms with E-state index in [0.717, 1.165) is 25.9 Å². The number of hydrogen-bond acceptors (Lipinski definition) is 5. The van der Waals surface area contributed by atoms with E-state index in [0.29, 0.717) is 18.7 Å². The number of nitrogens with zero attached hydrogens (tertiary/aromatic N) is 3. The van der Waals surface area contributed by atoms with Gasteiger partial charge in [0.15, 0.2) is 0 Å². The zero-order valence-electron chi connectivity index (χ0n) is 13.1. The van der Waals surface area contributed by atoms with Crippen molar-refractivity contribution in [3.63, 3.8) is 0 Å². The Kier molecular flexibility index (Phi) is 4.39. The van der Waals surface area contributed by atoms with Gasteiger partial charge < -0.3 is 0 Å². The highest BCUT2D eigenvalue weighted by Crippen LogP contribution is 2.28. The molecule has 2 fully saturated rings. The van der Waals surface area contributed by atoms with E-state index in [1.54, 1.807) is 6.92 Å². The van der Waals surface area contributed by atoms with Crippen LogP contribution in [0.15, 0.2) is 23.1 Å². The van der Waals surface area contributed by atoms with Crippen LogP contribution in [0, 0.1) is 17.0 Å². The Hall–Kier alpha value is -1.51. The number of fused-ring (bicyclic) bond motifs is 1. The van der Waals surface area contributed by atoms with Crippen molar-refractivity contribution in [3.8, 4) is 0 Å². The number of sulfonamides is 1. The zero-order chi connectivity index (χ0) is 16.6. The summed E-state index contributed by atoms with van der Waals surface area (Å²) in [6.07, 6.45) is 3.32. The van der Waals surface area contributed by atoms with Gasteiger partial charge in [-0.1, -0.05) is 12.5 Å². The first-order valence-corrected chi connectivity index (χ1v) is 9.33. The molecule has 126 valence electrons. The van der Waals surface area contributed by atoms with Gasteiger partial charge in [-0.2, -0.15) is 4.31 Å². The predicted molar refractivity (Wildman–Crippen MR) is 85.8 cm³/mol. The summed E-state index contributed by atoms with van der Waals surface area (Å²) in [7, 11) is -3.68. The largest absolute Gasteiger partial charge is 0.298 e. The molecular weight excluding hydrogens is 318 g/mol. The summed E-state index contributed by atoms with van der Waals surface area (Å²) in [5, 5.41) is 11.1. The fourth-order valence-corrected chi connectivity index (χ4v) is 4.93. The molecule has 0 spiro atoms. The molecule has 2 aliphatic rings. The average Bonchev–Trinajstić information content (AvgIpc) is 2.54. The molecule has 8 heteroatoms. The first kappa shape index (κ1) is 16.4. The Morgan fingerprint density at radius 3 is 2.74 bits per heavy atom. The van der Waals surface area contributed by atoms with Crippen molar-refractivity contribution in [1.29, 1.82) is 0 Å². The third kappa shape index (κ3) is 3.11. The molecule has 23 heavy (non-hydrogen) atoms. The summed E-state index contributed by atoms with van der Waals surface area (Å²) in [6.45, 7) is 4.30. The fraction of sp³-hybridized carbons (Fsp3) is 0.600. The third-order valence-corrected chi connectivity index (χ3v) is 6.68. The maximum atomic E-state index is 12.8. The van der Waals surface area contributed by atoms with E-state index in [4.69, 9.17) is 0 Å². The van der Waals surface area contributed by atoms with Gasteiger partial charge in [0.25, 0.3) is 5.69 Å². The summed E-state index contributed by atoms with van der Waals surface area (Å²) < 4.78 is 27.1. The van der Waals surface area contributed by atoms with Crippen LogP contribution < -0.4 is 0 Å². The molecular formula is C15H21N3O4S. The number of rotatable bonds is 3. The molecule has 2 saturated heterocycles. The molecule has 0 radical (unpaired) electrons. The Morgan fingerprint density at radius 2 is 2.00 bits per heavy atom. The van der Waals surface area contributed by atoms with Gasteiger partial charge in [-0.25, -0.2) is 8.42 Å². The molecule has 0 bridgehead atoms. The van der Waals surface area contributed by atoms with Crippen molar-refractivity contribution >= 4 is 15.7 Å². The predicted octanol–water partition coefficient (Wildman–Crippen LogP) is 1.76. The summed E-state index contributed by atoms with van der Waals surface area (Å²) >= 11 is 0. The Labute approximate surface area is 136 Å². The normalized spacial score (nSPS) is 23.4. The van der Waals surface area contributed by atoms with Crippen molar-refractivity contribution in [2.45, 2.75) is 37.1 Å². The van der Waals surface area contributed by atoms with E-state index >= 15 is 0 Å². The first-order chi connectivity index (χ1) is 10.9. The number of aryl methyl sites for hydroxylation is 1. The monoisotopic (exact) mass is 339 g/mol. The molecule has 1 aromatic carbocycles. The Balaban J connectivity index is 1.87. The molecule has 0 saturated carbocycles. The number of hydrogen-bond donors (Lipinski definition) is 0. The first-order valence-electron chi connectivity index (χ1n) is 7.89. The molecule has 0 aliphatic carbocycles. The summed E-state index contributed by atoms with van der Waals surface area (Å²) in [4.78, 5) is 12.9. The molecule has 3 rings (SSSR count). The van der Waals surface area contributed by atoms with E-state index in [2.05, 4.69) is 4.90 Å². The number of benzene rings is 1. The van der Waals surface area contributed by atoms with Gasteiger partial charge in [0.05, 0.1) is 9.82 Å². The second-order valence-corrected chi connectivity index (χ2v) is 8.19. The van der Waals surface area contributed by atoms with Crippen molar-refractivity contribution in [2.75, 3.05) is 26.2 Å². The molecule has 0 amide bonds. The molecule has 2 aliphatic heterocycles. The van der Waals surface area contributed by atoms with Crippen LogP contribution in [0.1, 0.15) is 24.8 Å². The van der Waals surface area contributed by atoms with E-state index in [1.807, 2.05) is 0 Å². The lowest BCUT2D eigenvalue weighted by molar-refractivity contribution is -0.385. The van der Waals surface area contributed by atoms with Gasteiger partial charge in [0.1, 0.15) is 0 Å². The minimum atomic E-state index is -3.68. The Bertz CT molecular complexity index is 719. The van der Waals surface area contributed by atoms with Gasteiger partial charge >= 0.3 is 0 Å². The minimum absolute atomic E-state index is 0.0130. The average molecular weight is 339 g/mol. The number of nitro groups is 1. The van der Waals surface area contributed by atoms with Crippen LogP contribution in [-0.4, -0.2) is 54.8 Å². The highest BCUT2D eigenvalue weighted by atomic mass is 32.2. The van der Waals surface area contributed by atoms with Crippen molar-refractivity contribution in [1.82, 2.24) is 9.21 Å². The summed E-state index contributed by atoms with van der Waals surface area (Å²) in [6, 6.07) is 4.41. The van der Waals surface area contributed by atoms with Crippen LogP contribution in [0.5, 0.6) is 0 Å². The lowest BCUT2D eigenvalue weighted by Crippen LogP contribution is -2.56. The van der Waals surface area contributed by atoms with E-state index in [9.17, 15) is 18.5 Å². The fourth-order valence-electron chi connectivity index (χ4n) is 3.44. The Morgan fingerprint density at radius 1 is 1.22 bits per heavy atom. The standard InChI is InChI=1S/C15H21N3O4S/c1-12-5-6-14(10-15(12)18(19)20)23(21,22)17-9-8-16-7-3-2-4-13(16)11-17/h5-6,10,13H,2-4,7-9,11H2,1H3/t13-/m0/s1. The summed E-state index contributed by atoms with van der Waals surface area (Å²) in [5.41, 5.74) is 0.313. The minimum Gasteiger partial charge on any atom is -0.298 e. The van der Waals surface area contributed by atoms with Crippen LogP contribution in [-0.2, 0) is 10.0 Å². The van der Waals surface area contributed by atoms with Crippen LogP contribution in [0.4, 0.5) is 5.69 Å². The number of nitro benzene ring substituents is 1. The third-order valence-electron chi connectivity index (χ3n) is 4.82. The lowest BCUT2D eigenvalue weighted by Gasteiger charge is -2.43. The topological polar surface area (TPSA) is 83.8 Å². The molecule has 1 aromatic rings. The highest BCUT2D eigenvalue weighted by molar-refractivity contribution is 7.89. The second kappa shape index (κ2) is 6.18. The van der Waals surface area contributed by atoms with Gasteiger partial charge in [-0.3, -0.25) is 15.0 Å².